The van der Waals surface area contributed by atoms with Crippen molar-refractivity contribution in [3.8, 4) is 0 Å². The first kappa shape index (κ1) is 14.8. The Morgan fingerprint density at radius 1 is 1.36 bits per heavy atom. The predicted molar refractivity (Wildman–Crippen MR) is 84.9 cm³/mol. The van der Waals surface area contributed by atoms with Crippen LogP contribution in [0.5, 0.6) is 0 Å². The summed E-state index contributed by atoms with van der Waals surface area (Å²) in [7, 11) is 1.95. The van der Waals surface area contributed by atoms with Gasteiger partial charge in [-0.2, -0.15) is 5.10 Å². The largest absolute Gasteiger partial charge is 0.379 e. The molecule has 0 aromatic carbocycles. The molecule has 0 bridgehead atoms. The zero-order valence-corrected chi connectivity index (χ0v) is 12.8. The molecule has 118 valence electrons. The fourth-order valence-corrected chi connectivity index (χ4v) is 2.56. The van der Waals surface area contributed by atoms with Crippen molar-refractivity contribution in [2.75, 3.05) is 30.4 Å². The molecule has 7 nitrogen and oxygen atoms in total. The van der Waals surface area contributed by atoms with Crippen molar-refractivity contribution in [3.05, 3.63) is 30.4 Å². The minimum Gasteiger partial charge on any atom is -0.379 e. The highest BCUT2D eigenvalue weighted by Crippen LogP contribution is 2.14. The fourth-order valence-electron chi connectivity index (χ4n) is 2.56. The third-order valence-corrected chi connectivity index (χ3v) is 3.79. The zero-order chi connectivity index (χ0) is 15.2. The van der Waals surface area contributed by atoms with Crippen LogP contribution in [0.1, 0.15) is 18.5 Å². The Bertz CT molecular complexity index is 593. The average molecular weight is 302 g/mol. The lowest BCUT2D eigenvalue weighted by Crippen LogP contribution is -2.30. The van der Waals surface area contributed by atoms with Crippen molar-refractivity contribution in [1.29, 1.82) is 0 Å². The van der Waals surface area contributed by atoms with E-state index in [-0.39, 0.29) is 0 Å². The van der Waals surface area contributed by atoms with Gasteiger partial charge in [-0.1, -0.05) is 0 Å². The Morgan fingerprint density at radius 2 is 2.27 bits per heavy atom. The summed E-state index contributed by atoms with van der Waals surface area (Å²) in [6.07, 6.45) is 6.51. The molecule has 22 heavy (non-hydrogen) atoms. The monoisotopic (exact) mass is 302 g/mol. The molecule has 1 atom stereocenters. The van der Waals surface area contributed by atoms with Crippen molar-refractivity contribution in [3.63, 3.8) is 0 Å². The van der Waals surface area contributed by atoms with E-state index in [0.29, 0.717) is 6.04 Å². The van der Waals surface area contributed by atoms with Crippen molar-refractivity contribution in [2.24, 2.45) is 7.05 Å². The summed E-state index contributed by atoms with van der Waals surface area (Å²) >= 11 is 0. The third-order valence-electron chi connectivity index (χ3n) is 3.79. The SMILES string of the molecule is Cn1nccc1CCNc1cc(N[C@@H]2CCCOC2)ncn1. The Hall–Kier alpha value is -2.15. The second-order valence-corrected chi connectivity index (χ2v) is 5.47. The first-order valence-electron chi connectivity index (χ1n) is 7.68. The molecule has 1 saturated heterocycles. The molecular formula is C15H22N6O. The Morgan fingerprint density at radius 3 is 3.05 bits per heavy atom. The van der Waals surface area contributed by atoms with E-state index in [1.807, 2.05) is 30.1 Å². The van der Waals surface area contributed by atoms with Gasteiger partial charge in [0.1, 0.15) is 18.0 Å². The van der Waals surface area contributed by atoms with Crippen LogP contribution in [0.4, 0.5) is 11.6 Å². The van der Waals surface area contributed by atoms with E-state index in [1.165, 1.54) is 5.69 Å². The van der Waals surface area contributed by atoms with Crippen molar-refractivity contribution >= 4 is 11.6 Å². The number of anilines is 2. The molecule has 0 aliphatic carbocycles. The number of nitrogens with zero attached hydrogens (tertiary/aromatic N) is 4. The van der Waals surface area contributed by atoms with E-state index in [1.54, 1.807) is 6.33 Å². The van der Waals surface area contributed by atoms with Gasteiger partial charge in [0.25, 0.3) is 0 Å². The second kappa shape index (κ2) is 7.22. The number of aryl methyl sites for hydroxylation is 1. The standard InChI is InChI=1S/C15H22N6O/c1-21-13(5-7-19-21)4-6-16-14-9-15(18-11-17-14)20-12-3-2-8-22-10-12/h5,7,9,11-12H,2-4,6,8,10H2,1H3,(H2,16,17,18,20)/t12-/m1/s1. The molecule has 7 heteroatoms. The molecule has 0 spiro atoms. The van der Waals surface area contributed by atoms with E-state index < -0.39 is 0 Å². The molecule has 0 radical (unpaired) electrons. The molecule has 1 aliphatic rings. The number of aromatic nitrogens is 4. The minimum atomic E-state index is 0.339. The van der Waals surface area contributed by atoms with Gasteiger partial charge in [-0.3, -0.25) is 4.68 Å². The topological polar surface area (TPSA) is 76.9 Å². The third kappa shape index (κ3) is 3.94. The Balaban J connectivity index is 1.51. The highest BCUT2D eigenvalue weighted by molar-refractivity contribution is 5.47. The number of hydrogen-bond donors (Lipinski definition) is 2. The van der Waals surface area contributed by atoms with Crippen LogP contribution in [0.15, 0.2) is 24.7 Å². The van der Waals surface area contributed by atoms with Gasteiger partial charge in [0, 0.05) is 44.6 Å². The maximum Gasteiger partial charge on any atom is 0.131 e. The lowest BCUT2D eigenvalue weighted by Gasteiger charge is -2.23. The van der Waals surface area contributed by atoms with Crippen LogP contribution in [0.3, 0.4) is 0 Å². The fraction of sp³-hybridized carbons (Fsp3) is 0.533. The van der Waals surface area contributed by atoms with Crippen molar-refractivity contribution in [1.82, 2.24) is 19.7 Å². The summed E-state index contributed by atoms with van der Waals surface area (Å²) in [6.45, 7) is 2.42. The number of ether oxygens (including phenoxy) is 1. The molecule has 2 aromatic heterocycles. The van der Waals surface area contributed by atoms with E-state index in [2.05, 4.69) is 25.7 Å². The van der Waals surface area contributed by atoms with Gasteiger partial charge < -0.3 is 15.4 Å². The maximum absolute atomic E-state index is 5.47. The van der Waals surface area contributed by atoms with Gasteiger partial charge in [0.15, 0.2) is 0 Å². The van der Waals surface area contributed by atoms with Gasteiger partial charge in [0.05, 0.1) is 12.6 Å². The van der Waals surface area contributed by atoms with Crippen LogP contribution in [-0.2, 0) is 18.2 Å². The van der Waals surface area contributed by atoms with Crippen LogP contribution in [0.25, 0.3) is 0 Å². The summed E-state index contributed by atoms with van der Waals surface area (Å²) in [5.41, 5.74) is 1.19. The highest BCUT2D eigenvalue weighted by Gasteiger charge is 2.14. The Kier molecular flexibility index (Phi) is 4.85. The number of rotatable bonds is 6. The molecule has 2 aromatic rings. The van der Waals surface area contributed by atoms with Gasteiger partial charge in [-0.25, -0.2) is 9.97 Å². The first-order valence-corrected chi connectivity index (χ1v) is 7.68. The zero-order valence-electron chi connectivity index (χ0n) is 12.8. The second-order valence-electron chi connectivity index (χ2n) is 5.47. The molecule has 1 fully saturated rings. The van der Waals surface area contributed by atoms with Gasteiger partial charge in [-0.15, -0.1) is 0 Å². The van der Waals surface area contributed by atoms with Gasteiger partial charge in [0.2, 0.25) is 0 Å². The molecular weight excluding hydrogens is 280 g/mol. The summed E-state index contributed by atoms with van der Waals surface area (Å²) in [4.78, 5) is 8.53. The van der Waals surface area contributed by atoms with E-state index >= 15 is 0 Å². The lowest BCUT2D eigenvalue weighted by atomic mass is 10.1. The van der Waals surface area contributed by atoms with Crippen LogP contribution < -0.4 is 10.6 Å². The van der Waals surface area contributed by atoms with Crippen LogP contribution in [-0.4, -0.2) is 45.5 Å². The molecule has 2 N–H and O–H groups in total. The van der Waals surface area contributed by atoms with Gasteiger partial charge >= 0.3 is 0 Å². The van der Waals surface area contributed by atoms with E-state index in [0.717, 1.165) is 50.7 Å². The molecule has 0 unspecified atom stereocenters. The molecule has 3 heterocycles. The Labute approximate surface area is 130 Å². The summed E-state index contributed by atoms with van der Waals surface area (Å²) in [6, 6.07) is 4.31. The minimum absolute atomic E-state index is 0.339. The smallest absolute Gasteiger partial charge is 0.131 e. The average Bonchev–Trinajstić information content (AvgIpc) is 2.94. The van der Waals surface area contributed by atoms with Crippen molar-refractivity contribution < 1.29 is 4.74 Å². The van der Waals surface area contributed by atoms with Crippen LogP contribution in [0.2, 0.25) is 0 Å². The summed E-state index contributed by atoms with van der Waals surface area (Å²) < 4.78 is 7.36. The first-order chi connectivity index (χ1) is 10.8. The number of nitrogens with one attached hydrogen (secondary N) is 2. The molecule has 1 aliphatic heterocycles. The normalized spacial score (nSPS) is 18.1. The van der Waals surface area contributed by atoms with E-state index in [4.69, 9.17) is 4.74 Å². The summed E-state index contributed by atoms with van der Waals surface area (Å²) in [5.74, 6) is 1.67. The number of hydrogen-bond acceptors (Lipinski definition) is 6. The highest BCUT2D eigenvalue weighted by atomic mass is 16.5. The van der Waals surface area contributed by atoms with Crippen LogP contribution >= 0.6 is 0 Å². The maximum atomic E-state index is 5.47. The van der Waals surface area contributed by atoms with Gasteiger partial charge in [-0.05, 0) is 18.9 Å². The molecule has 0 amide bonds. The van der Waals surface area contributed by atoms with E-state index in [9.17, 15) is 0 Å². The van der Waals surface area contributed by atoms with Crippen LogP contribution in [0, 0.1) is 0 Å². The summed E-state index contributed by atoms with van der Waals surface area (Å²) in [5, 5.41) is 10.9. The predicted octanol–water partition coefficient (Wildman–Crippen LogP) is 1.46. The quantitative estimate of drug-likeness (QED) is 0.841. The lowest BCUT2D eigenvalue weighted by molar-refractivity contribution is 0.0875. The van der Waals surface area contributed by atoms with Crippen molar-refractivity contribution in [2.45, 2.75) is 25.3 Å². The molecule has 0 saturated carbocycles. The molecule has 3 rings (SSSR count).